The van der Waals surface area contributed by atoms with Gasteiger partial charge in [0, 0.05) is 20.2 Å². The number of carbonyl (C=O) groups is 1. The molecule has 0 spiro atoms. The van der Waals surface area contributed by atoms with Gasteiger partial charge in [-0.25, -0.2) is 0 Å². The first-order valence-corrected chi connectivity index (χ1v) is 6.45. The fraction of sp³-hybridized carbons (Fsp3) is 0.923. The van der Waals surface area contributed by atoms with Gasteiger partial charge in [-0.05, 0) is 24.7 Å². The number of piperidine rings is 1. The van der Waals surface area contributed by atoms with Crippen LogP contribution in [0.2, 0.25) is 0 Å². The second kappa shape index (κ2) is 6.89. The predicted octanol–water partition coefficient (Wildman–Crippen LogP) is 2.31. The number of nitrogens with zero attached hydrogens (tertiary/aromatic N) is 1. The van der Waals surface area contributed by atoms with E-state index < -0.39 is 0 Å². The molecule has 0 N–H and O–H groups in total. The largest absolute Gasteiger partial charge is 0.384 e. The molecule has 0 aromatic rings. The summed E-state index contributed by atoms with van der Waals surface area (Å²) in [6.45, 7) is 7.01. The summed E-state index contributed by atoms with van der Waals surface area (Å²) in [5, 5.41) is 0. The highest BCUT2D eigenvalue weighted by atomic mass is 16.5. The van der Waals surface area contributed by atoms with Gasteiger partial charge >= 0.3 is 0 Å². The number of carbonyl (C=O) groups excluding carboxylic acids is 1. The smallest absolute Gasteiger partial charge is 0.224 e. The topological polar surface area (TPSA) is 29.5 Å². The Hall–Kier alpha value is -0.570. The van der Waals surface area contributed by atoms with Gasteiger partial charge in [-0.1, -0.05) is 20.3 Å². The van der Waals surface area contributed by atoms with Crippen molar-refractivity contribution in [3.63, 3.8) is 0 Å². The Balaban J connectivity index is 2.28. The van der Waals surface area contributed by atoms with Crippen LogP contribution in [-0.2, 0) is 9.53 Å². The van der Waals surface area contributed by atoms with Gasteiger partial charge in [-0.2, -0.15) is 0 Å². The summed E-state index contributed by atoms with van der Waals surface area (Å²) >= 11 is 0. The minimum atomic E-state index is 0.254. The Morgan fingerprint density at radius 1 is 1.44 bits per heavy atom. The predicted molar refractivity (Wildman–Crippen MR) is 65.3 cm³/mol. The molecule has 0 bridgehead atoms. The number of hydrogen-bond acceptors (Lipinski definition) is 2. The molecule has 1 fully saturated rings. The van der Waals surface area contributed by atoms with E-state index in [4.69, 9.17) is 4.74 Å². The molecule has 1 aliphatic rings. The fourth-order valence-corrected chi connectivity index (χ4v) is 2.40. The first-order valence-electron chi connectivity index (χ1n) is 6.45. The van der Waals surface area contributed by atoms with E-state index in [1.54, 1.807) is 7.11 Å². The molecule has 1 rings (SSSR count). The second-order valence-corrected chi connectivity index (χ2v) is 4.85. The van der Waals surface area contributed by atoms with E-state index >= 15 is 0 Å². The SMILES string of the molecule is CCC(C)C1CCN(C(=O)CCOC)CC1. The first kappa shape index (κ1) is 13.5. The minimum absolute atomic E-state index is 0.254. The highest BCUT2D eigenvalue weighted by Gasteiger charge is 2.25. The minimum Gasteiger partial charge on any atom is -0.384 e. The molecule has 1 aliphatic heterocycles. The number of ether oxygens (including phenoxy) is 1. The highest BCUT2D eigenvalue weighted by Crippen LogP contribution is 2.26. The highest BCUT2D eigenvalue weighted by molar-refractivity contribution is 5.76. The molecule has 1 amide bonds. The Bertz CT molecular complexity index is 210. The van der Waals surface area contributed by atoms with Crippen LogP contribution in [0.25, 0.3) is 0 Å². The molecular weight excluding hydrogens is 202 g/mol. The van der Waals surface area contributed by atoms with E-state index in [-0.39, 0.29) is 5.91 Å². The third-order valence-corrected chi connectivity index (χ3v) is 3.86. The van der Waals surface area contributed by atoms with Crippen molar-refractivity contribution in [2.75, 3.05) is 26.8 Å². The molecule has 16 heavy (non-hydrogen) atoms. The van der Waals surface area contributed by atoms with Gasteiger partial charge in [0.05, 0.1) is 13.0 Å². The van der Waals surface area contributed by atoms with E-state index in [0.29, 0.717) is 13.0 Å². The molecule has 3 heteroatoms. The number of hydrogen-bond donors (Lipinski definition) is 0. The quantitative estimate of drug-likeness (QED) is 0.721. The molecule has 0 radical (unpaired) electrons. The van der Waals surface area contributed by atoms with Gasteiger partial charge in [0.15, 0.2) is 0 Å². The summed E-state index contributed by atoms with van der Waals surface area (Å²) < 4.78 is 4.93. The van der Waals surface area contributed by atoms with Crippen LogP contribution < -0.4 is 0 Å². The summed E-state index contributed by atoms with van der Waals surface area (Å²) in [7, 11) is 1.64. The monoisotopic (exact) mass is 227 g/mol. The summed E-state index contributed by atoms with van der Waals surface area (Å²) in [4.78, 5) is 13.7. The third kappa shape index (κ3) is 3.78. The zero-order valence-corrected chi connectivity index (χ0v) is 10.9. The molecule has 0 aromatic carbocycles. The lowest BCUT2D eigenvalue weighted by Gasteiger charge is -2.34. The van der Waals surface area contributed by atoms with Gasteiger partial charge in [-0.3, -0.25) is 4.79 Å². The van der Waals surface area contributed by atoms with Crippen molar-refractivity contribution in [3.8, 4) is 0 Å². The zero-order valence-electron chi connectivity index (χ0n) is 10.9. The number of likely N-dealkylation sites (tertiary alicyclic amines) is 1. The Kier molecular flexibility index (Phi) is 5.81. The van der Waals surface area contributed by atoms with Crippen LogP contribution in [0.4, 0.5) is 0 Å². The molecule has 1 heterocycles. The summed E-state index contributed by atoms with van der Waals surface area (Å²) in [5.74, 6) is 1.87. The van der Waals surface area contributed by atoms with Gasteiger partial charge in [0.1, 0.15) is 0 Å². The van der Waals surface area contributed by atoms with Gasteiger partial charge in [0.25, 0.3) is 0 Å². The lowest BCUT2D eigenvalue weighted by molar-refractivity contribution is -0.133. The van der Waals surface area contributed by atoms with Crippen molar-refractivity contribution >= 4 is 5.91 Å². The van der Waals surface area contributed by atoms with E-state index in [1.165, 1.54) is 19.3 Å². The van der Waals surface area contributed by atoms with Crippen LogP contribution in [0.3, 0.4) is 0 Å². The second-order valence-electron chi connectivity index (χ2n) is 4.85. The molecule has 1 unspecified atom stereocenters. The Morgan fingerprint density at radius 3 is 2.56 bits per heavy atom. The molecule has 1 atom stereocenters. The van der Waals surface area contributed by atoms with Crippen LogP contribution in [0.15, 0.2) is 0 Å². The van der Waals surface area contributed by atoms with Crippen molar-refractivity contribution in [2.24, 2.45) is 11.8 Å². The number of amides is 1. The Labute approximate surface area is 99.1 Å². The van der Waals surface area contributed by atoms with Crippen molar-refractivity contribution < 1.29 is 9.53 Å². The summed E-state index contributed by atoms with van der Waals surface area (Å²) in [6.07, 6.45) is 4.13. The van der Waals surface area contributed by atoms with Gasteiger partial charge < -0.3 is 9.64 Å². The van der Waals surface area contributed by atoms with Crippen molar-refractivity contribution in [1.29, 1.82) is 0 Å². The molecule has 1 saturated heterocycles. The van der Waals surface area contributed by atoms with Crippen molar-refractivity contribution in [2.45, 2.75) is 39.5 Å². The zero-order chi connectivity index (χ0) is 12.0. The van der Waals surface area contributed by atoms with Crippen LogP contribution >= 0.6 is 0 Å². The fourth-order valence-electron chi connectivity index (χ4n) is 2.40. The average molecular weight is 227 g/mol. The molecule has 94 valence electrons. The molecule has 0 aromatic heterocycles. The first-order chi connectivity index (χ1) is 7.69. The number of methoxy groups -OCH3 is 1. The van der Waals surface area contributed by atoms with Gasteiger partial charge in [0.2, 0.25) is 5.91 Å². The molecular formula is C13H25NO2. The van der Waals surface area contributed by atoms with E-state index in [1.807, 2.05) is 4.90 Å². The number of rotatable bonds is 5. The van der Waals surface area contributed by atoms with E-state index in [0.717, 1.165) is 24.9 Å². The van der Waals surface area contributed by atoms with Crippen LogP contribution in [0, 0.1) is 11.8 Å². The molecule has 0 saturated carbocycles. The van der Waals surface area contributed by atoms with Crippen LogP contribution in [-0.4, -0.2) is 37.6 Å². The maximum Gasteiger partial charge on any atom is 0.224 e. The Morgan fingerprint density at radius 2 is 2.06 bits per heavy atom. The van der Waals surface area contributed by atoms with Crippen molar-refractivity contribution in [1.82, 2.24) is 4.90 Å². The maximum atomic E-state index is 11.7. The van der Waals surface area contributed by atoms with Crippen LogP contribution in [0.5, 0.6) is 0 Å². The molecule has 3 nitrogen and oxygen atoms in total. The van der Waals surface area contributed by atoms with Crippen molar-refractivity contribution in [3.05, 3.63) is 0 Å². The standard InChI is InChI=1S/C13H25NO2/c1-4-11(2)12-5-8-14(9-6-12)13(15)7-10-16-3/h11-12H,4-10H2,1-3H3. The summed E-state index contributed by atoms with van der Waals surface area (Å²) in [5.41, 5.74) is 0. The molecule has 0 aliphatic carbocycles. The van der Waals surface area contributed by atoms with E-state index in [2.05, 4.69) is 13.8 Å². The van der Waals surface area contributed by atoms with E-state index in [9.17, 15) is 4.79 Å². The normalized spacial score (nSPS) is 19.8. The maximum absolute atomic E-state index is 11.7. The average Bonchev–Trinajstić information content (AvgIpc) is 2.35. The lowest BCUT2D eigenvalue weighted by atomic mass is 9.84. The lowest BCUT2D eigenvalue weighted by Crippen LogP contribution is -2.40. The third-order valence-electron chi connectivity index (χ3n) is 3.86. The summed E-state index contributed by atoms with van der Waals surface area (Å²) in [6, 6.07) is 0. The van der Waals surface area contributed by atoms with Gasteiger partial charge in [-0.15, -0.1) is 0 Å². The van der Waals surface area contributed by atoms with Crippen LogP contribution in [0.1, 0.15) is 39.5 Å².